The molecular formula is C13H15NO3. The minimum Gasteiger partial charge on any atom is -0.305 e. The highest BCUT2D eigenvalue weighted by molar-refractivity contribution is 5.79. The lowest BCUT2D eigenvalue weighted by molar-refractivity contribution is -0.436. The molecule has 90 valence electrons. The predicted octanol–water partition coefficient (Wildman–Crippen LogP) is 1.68. The number of rotatable bonds is 2. The highest BCUT2D eigenvalue weighted by atomic mass is 16.9. The van der Waals surface area contributed by atoms with Gasteiger partial charge in [0.05, 0.1) is 0 Å². The molecule has 0 bridgehead atoms. The molecule has 2 saturated heterocycles. The molecule has 0 N–H and O–H groups in total. The summed E-state index contributed by atoms with van der Waals surface area (Å²) in [5.74, 6) is 0.334. The van der Waals surface area contributed by atoms with Gasteiger partial charge in [-0.25, -0.2) is 0 Å². The lowest BCUT2D eigenvalue weighted by Crippen LogP contribution is -2.51. The number of nitrogens with zero attached hydrogens (tertiary/aromatic N) is 1. The second kappa shape index (κ2) is 4.56. The summed E-state index contributed by atoms with van der Waals surface area (Å²) in [5.41, 5.74) is 1.04. The topological polar surface area (TPSA) is 38.8 Å². The summed E-state index contributed by atoms with van der Waals surface area (Å²) in [6.45, 7) is 1.48. The van der Waals surface area contributed by atoms with Crippen LogP contribution in [0.5, 0.6) is 0 Å². The van der Waals surface area contributed by atoms with Crippen molar-refractivity contribution in [2.75, 3.05) is 13.1 Å². The molecule has 0 spiro atoms. The maximum Gasteiger partial charge on any atom is 0.224 e. The van der Waals surface area contributed by atoms with Crippen LogP contribution in [0.3, 0.4) is 0 Å². The van der Waals surface area contributed by atoms with Crippen molar-refractivity contribution < 1.29 is 14.3 Å². The fourth-order valence-electron chi connectivity index (χ4n) is 2.15. The summed E-state index contributed by atoms with van der Waals surface area (Å²) in [6.07, 6.45) is 0.700. The van der Waals surface area contributed by atoms with Crippen LogP contribution < -0.4 is 0 Å². The third-order valence-corrected chi connectivity index (χ3v) is 3.21. The standard InChI is InChI=1S/C13H15NO3/c15-11-6-8-14(9-7-11)13-16-12(17-13)10-4-2-1-3-5-10/h1-5,12-13H,6-9H2. The van der Waals surface area contributed by atoms with Gasteiger partial charge in [-0.05, 0) is 0 Å². The molecule has 0 atom stereocenters. The van der Waals surface area contributed by atoms with Crippen LogP contribution in [0.2, 0.25) is 0 Å². The van der Waals surface area contributed by atoms with E-state index in [-0.39, 0.29) is 12.7 Å². The molecule has 2 aliphatic rings. The van der Waals surface area contributed by atoms with Gasteiger partial charge in [0, 0.05) is 31.5 Å². The van der Waals surface area contributed by atoms with E-state index in [4.69, 9.17) is 9.47 Å². The average molecular weight is 233 g/mol. The lowest BCUT2D eigenvalue weighted by Gasteiger charge is -2.43. The number of ketones is 1. The summed E-state index contributed by atoms with van der Waals surface area (Å²) in [4.78, 5) is 13.2. The molecule has 2 fully saturated rings. The Balaban J connectivity index is 1.53. The second-order valence-electron chi connectivity index (χ2n) is 4.40. The monoisotopic (exact) mass is 233 g/mol. The highest BCUT2D eigenvalue weighted by Crippen LogP contribution is 2.33. The Hall–Kier alpha value is -1.23. The predicted molar refractivity (Wildman–Crippen MR) is 61.0 cm³/mol. The Morgan fingerprint density at radius 2 is 1.71 bits per heavy atom. The normalized spacial score (nSPS) is 30.0. The van der Waals surface area contributed by atoms with E-state index < -0.39 is 0 Å². The van der Waals surface area contributed by atoms with E-state index in [0.29, 0.717) is 18.6 Å². The van der Waals surface area contributed by atoms with Crippen LogP contribution in [0.1, 0.15) is 24.7 Å². The Morgan fingerprint density at radius 3 is 2.35 bits per heavy atom. The first-order valence-electron chi connectivity index (χ1n) is 5.94. The van der Waals surface area contributed by atoms with Crippen LogP contribution in [-0.4, -0.2) is 30.2 Å². The van der Waals surface area contributed by atoms with Gasteiger partial charge in [0.2, 0.25) is 6.41 Å². The quantitative estimate of drug-likeness (QED) is 0.779. The van der Waals surface area contributed by atoms with Crippen LogP contribution in [0.4, 0.5) is 0 Å². The van der Waals surface area contributed by atoms with Crippen molar-refractivity contribution in [3.05, 3.63) is 35.9 Å². The average Bonchev–Trinajstić information content (AvgIpc) is 2.31. The van der Waals surface area contributed by atoms with Crippen molar-refractivity contribution in [2.45, 2.75) is 25.5 Å². The molecule has 0 amide bonds. The number of hydrogen-bond acceptors (Lipinski definition) is 4. The largest absolute Gasteiger partial charge is 0.305 e. The third-order valence-electron chi connectivity index (χ3n) is 3.21. The third kappa shape index (κ3) is 2.24. The first kappa shape index (κ1) is 10.9. The molecule has 0 aromatic heterocycles. The van der Waals surface area contributed by atoms with Gasteiger partial charge in [-0.1, -0.05) is 30.3 Å². The first-order valence-corrected chi connectivity index (χ1v) is 5.94. The zero-order chi connectivity index (χ0) is 11.7. The van der Waals surface area contributed by atoms with Gasteiger partial charge in [0.1, 0.15) is 5.78 Å². The molecule has 1 aromatic carbocycles. The van der Waals surface area contributed by atoms with E-state index in [1.54, 1.807) is 0 Å². The van der Waals surface area contributed by atoms with E-state index in [1.165, 1.54) is 0 Å². The zero-order valence-electron chi connectivity index (χ0n) is 9.54. The molecule has 4 nitrogen and oxygen atoms in total. The first-order chi connectivity index (χ1) is 8.33. The molecule has 0 unspecified atom stereocenters. The van der Waals surface area contributed by atoms with Gasteiger partial charge < -0.3 is 9.47 Å². The van der Waals surface area contributed by atoms with Crippen LogP contribution in [0, 0.1) is 0 Å². The van der Waals surface area contributed by atoms with Crippen molar-refractivity contribution in [2.24, 2.45) is 0 Å². The van der Waals surface area contributed by atoms with Gasteiger partial charge in [-0.3, -0.25) is 9.69 Å². The fourth-order valence-corrected chi connectivity index (χ4v) is 2.15. The van der Waals surface area contributed by atoms with Crippen molar-refractivity contribution in [1.29, 1.82) is 0 Å². The molecule has 17 heavy (non-hydrogen) atoms. The highest BCUT2D eigenvalue weighted by Gasteiger charge is 2.37. The van der Waals surface area contributed by atoms with Crippen LogP contribution >= 0.6 is 0 Å². The van der Waals surface area contributed by atoms with Crippen LogP contribution in [-0.2, 0) is 14.3 Å². The Kier molecular flexibility index (Phi) is 2.93. The maximum atomic E-state index is 11.1. The second-order valence-corrected chi connectivity index (χ2v) is 4.40. The Morgan fingerprint density at radius 1 is 1.06 bits per heavy atom. The van der Waals surface area contributed by atoms with Crippen molar-refractivity contribution in [3.8, 4) is 0 Å². The molecule has 2 heterocycles. The number of hydrogen-bond donors (Lipinski definition) is 0. The summed E-state index contributed by atoms with van der Waals surface area (Å²) in [7, 11) is 0. The van der Waals surface area contributed by atoms with E-state index >= 15 is 0 Å². The van der Waals surface area contributed by atoms with Crippen molar-refractivity contribution in [1.82, 2.24) is 4.90 Å². The van der Waals surface area contributed by atoms with Gasteiger partial charge >= 0.3 is 0 Å². The summed E-state index contributed by atoms with van der Waals surface area (Å²) >= 11 is 0. The van der Waals surface area contributed by atoms with Gasteiger partial charge in [0.15, 0.2) is 6.29 Å². The zero-order valence-corrected chi connectivity index (χ0v) is 9.54. The van der Waals surface area contributed by atoms with Crippen LogP contribution in [0.25, 0.3) is 0 Å². The fraction of sp³-hybridized carbons (Fsp3) is 0.462. The molecule has 0 saturated carbocycles. The summed E-state index contributed by atoms with van der Waals surface area (Å²) < 4.78 is 11.4. The van der Waals surface area contributed by atoms with Gasteiger partial charge in [-0.15, -0.1) is 0 Å². The minimum absolute atomic E-state index is 0.251. The van der Waals surface area contributed by atoms with Crippen molar-refractivity contribution >= 4 is 5.78 Å². The Labute approximate surface area is 100 Å². The smallest absolute Gasteiger partial charge is 0.224 e. The number of piperidine rings is 1. The molecule has 0 aliphatic carbocycles. The lowest BCUT2D eigenvalue weighted by atomic mass is 10.1. The van der Waals surface area contributed by atoms with Crippen molar-refractivity contribution in [3.63, 3.8) is 0 Å². The SMILES string of the molecule is O=C1CCN(C2OC(c3ccccc3)O2)CC1. The molecule has 3 rings (SSSR count). The molecule has 2 aliphatic heterocycles. The molecule has 0 radical (unpaired) electrons. The van der Waals surface area contributed by atoms with Gasteiger partial charge in [0.25, 0.3) is 0 Å². The summed E-state index contributed by atoms with van der Waals surface area (Å²) in [5, 5.41) is 0. The number of Topliss-reactive ketones (excluding diaryl/α,β-unsaturated/α-hetero) is 1. The summed E-state index contributed by atoms with van der Waals surface area (Å²) in [6, 6.07) is 9.88. The van der Waals surface area contributed by atoms with Gasteiger partial charge in [-0.2, -0.15) is 0 Å². The molecule has 4 heteroatoms. The van der Waals surface area contributed by atoms with Crippen LogP contribution in [0.15, 0.2) is 30.3 Å². The maximum absolute atomic E-state index is 11.1. The number of ether oxygens (including phenoxy) is 2. The number of carbonyl (C=O) groups excluding carboxylic acids is 1. The molecule has 1 aromatic rings. The number of benzene rings is 1. The number of carbonyl (C=O) groups is 1. The minimum atomic E-state index is -0.270. The molecular weight excluding hydrogens is 218 g/mol. The number of likely N-dealkylation sites (tertiary alicyclic amines) is 1. The van der Waals surface area contributed by atoms with E-state index in [9.17, 15) is 4.79 Å². The van der Waals surface area contributed by atoms with E-state index in [1.807, 2.05) is 30.3 Å². The van der Waals surface area contributed by atoms with E-state index in [2.05, 4.69) is 4.90 Å². The Bertz CT molecular complexity index is 390. The van der Waals surface area contributed by atoms with E-state index in [0.717, 1.165) is 18.7 Å².